The number of para-hydroxylation sites is 4. The number of benzene rings is 9. The van der Waals surface area contributed by atoms with Crippen molar-refractivity contribution in [1.29, 1.82) is 0 Å². The lowest BCUT2D eigenvalue weighted by atomic mass is 9.77. The van der Waals surface area contributed by atoms with Crippen molar-refractivity contribution in [3.05, 3.63) is 332 Å². The second-order valence-electron chi connectivity index (χ2n) is 22.9. The van der Waals surface area contributed by atoms with Crippen LogP contribution in [0.5, 0.6) is 5.75 Å². The Bertz CT molecular complexity index is 5400. The van der Waals surface area contributed by atoms with E-state index in [0.717, 1.165) is 83.8 Å². The molecule has 13 heteroatoms. The fourth-order valence-electron chi connectivity index (χ4n) is 12.0. The Morgan fingerprint density at radius 2 is 1.04 bits per heavy atom. The summed E-state index contributed by atoms with van der Waals surface area (Å²) in [4.78, 5) is 32.3. The maximum absolute atomic E-state index is 11.8. The van der Waals surface area contributed by atoms with Crippen LogP contribution in [0.15, 0.2) is 291 Å². The molecule has 95 heavy (non-hydrogen) atoms. The van der Waals surface area contributed by atoms with Gasteiger partial charge in [0, 0.05) is 71.9 Å². The topological polar surface area (TPSA) is 99.3 Å². The van der Waals surface area contributed by atoms with Crippen LogP contribution in [0.4, 0.5) is 0 Å². The molecule has 9 aromatic carbocycles. The third-order valence-corrected chi connectivity index (χ3v) is 21.6. The van der Waals surface area contributed by atoms with Crippen LogP contribution in [0, 0.1) is 27.7 Å². The average molecular weight is 1330 g/mol. The van der Waals surface area contributed by atoms with E-state index in [-0.39, 0.29) is 11.4 Å². The number of aromatic nitrogens is 3. The van der Waals surface area contributed by atoms with Crippen LogP contribution in [0.3, 0.4) is 0 Å². The summed E-state index contributed by atoms with van der Waals surface area (Å²) in [6.07, 6.45) is 6.26. The highest BCUT2D eigenvalue weighted by Gasteiger charge is 2.25. The van der Waals surface area contributed by atoms with Gasteiger partial charge in [-0.1, -0.05) is 180 Å². The number of allylic oxidation sites excluding steroid dienone is 5. The van der Waals surface area contributed by atoms with Crippen molar-refractivity contribution < 1.29 is 22.9 Å². The van der Waals surface area contributed by atoms with Crippen LogP contribution >= 0.6 is 58.6 Å². The van der Waals surface area contributed by atoms with E-state index in [1.807, 2.05) is 159 Å². The number of nitrogens with zero attached hydrogens (tertiary/aromatic N) is 3. The van der Waals surface area contributed by atoms with Crippen LogP contribution in [0.1, 0.15) is 39.1 Å². The molecule has 5 aromatic heterocycles. The van der Waals surface area contributed by atoms with Gasteiger partial charge in [0.1, 0.15) is 29.7 Å². The molecule has 0 radical (unpaired) electrons. The molecule has 0 fully saturated rings. The zero-order chi connectivity index (χ0) is 65.5. The Labute approximate surface area is 572 Å². The minimum atomic E-state index is -0.319. The number of furan rings is 1. The number of carbonyl (C=O) groups is 1. The second kappa shape index (κ2) is 28.9. The van der Waals surface area contributed by atoms with E-state index in [1.165, 1.54) is 80.5 Å². The Hall–Kier alpha value is -9.66. The lowest BCUT2D eigenvalue weighted by Gasteiger charge is -2.27. The fraction of sp³-hybridized carbons (Fsp3) is 0.0854. The zero-order valence-corrected chi connectivity index (χ0v) is 56.9. The van der Waals surface area contributed by atoms with Crippen molar-refractivity contribution >= 4 is 157 Å². The van der Waals surface area contributed by atoms with E-state index in [1.54, 1.807) is 19.3 Å². The minimum Gasteiger partial charge on any atom is -0.497 e. The van der Waals surface area contributed by atoms with E-state index < -0.39 is 0 Å². The number of hydrogen-bond acceptors (Lipinski definition) is 11. The molecule has 466 valence electrons. The number of methoxy groups -OCH3 is 1. The molecule has 0 amide bonds. The summed E-state index contributed by atoms with van der Waals surface area (Å²) < 4.78 is 21.2. The van der Waals surface area contributed by atoms with E-state index in [2.05, 4.69) is 178 Å². The largest absolute Gasteiger partial charge is 0.497 e. The molecule has 0 N–H and O–H groups in total. The molecule has 0 spiro atoms. The summed E-state index contributed by atoms with van der Waals surface area (Å²) in [6, 6.07) is 73.9. The molecule has 0 saturated heterocycles. The van der Waals surface area contributed by atoms with Gasteiger partial charge in [-0.2, -0.15) is 4.57 Å². The Morgan fingerprint density at radius 3 is 1.71 bits per heavy atom. The number of pyridine rings is 3. The predicted molar refractivity (Wildman–Crippen MR) is 404 cm³/mol. The van der Waals surface area contributed by atoms with Crippen molar-refractivity contribution in [3.63, 3.8) is 0 Å². The molecule has 4 aliphatic rings. The highest BCUT2D eigenvalue weighted by Crippen LogP contribution is 2.50. The fourth-order valence-corrected chi connectivity index (χ4v) is 16.2. The van der Waals surface area contributed by atoms with E-state index in [9.17, 15) is 9.59 Å². The van der Waals surface area contributed by atoms with Crippen LogP contribution in [0.25, 0.3) is 92.9 Å². The lowest BCUT2D eigenvalue weighted by Crippen LogP contribution is -2.29. The maximum atomic E-state index is 11.8. The Morgan fingerprint density at radius 1 is 0.484 bits per heavy atom. The number of ketones is 1. The number of aryl methyl sites for hydroxylation is 5. The highest BCUT2D eigenvalue weighted by atomic mass is 35.5. The van der Waals surface area contributed by atoms with E-state index >= 15 is 0 Å². The minimum absolute atomic E-state index is 0.0854. The molecular formula is C82H63ClN3O5S4+. The van der Waals surface area contributed by atoms with Gasteiger partial charge in [-0.25, -0.2) is 14.8 Å². The zero-order valence-electron chi connectivity index (χ0n) is 52.9. The van der Waals surface area contributed by atoms with Gasteiger partial charge in [0.15, 0.2) is 5.78 Å². The van der Waals surface area contributed by atoms with E-state index in [0.29, 0.717) is 10.6 Å². The molecule has 14 aromatic rings. The van der Waals surface area contributed by atoms with Gasteiger partial charge in [0.2, 0.25) is 11.0 Å². The lowest BCUT2D eigenvalue weighted by molar-refractivity contribution is -0.617. The molecule has 0 saturated carbocycles. The van der Waals surface area contributed by atoms with Crippen LogP contribution in [-0.4, -0.2) is 22.9 Å². The quantitative estimate of drug-likeness (QED) is 0.0940. The van der Waals surface area contributed by atoms with Crippen molar-refractivity contribution in [1.82, 2.24) is 9.97 Å². The average Bonchev–Trinajstić information content (AvgIpc) is 1.60. The first kappa shape index (κ1) is 64.1. The SMILES string of the molecule is C1=CSC(=C2SC=CS2)S1.COc1ccc2nc3cc(Cl)ccc3cc2c1.C[n+]1c2ccccc2cc2ccccc21.Cc1cc2cc3c(C)cc(=O)oc3c(C)c2o1.Cc1ccccc1C1=C2C=CC(=O)C=C2Cc2ccccc21.c1ccc2nc3ccccc3cc2c1. The van der Waals surface area contributed by atoms with Crippen LogP contribution in [0.2, 0.25) is 5.02 Å². The number of rotatable bonds is 2. The van der Waals surface area contributed by atoms with Crippen LogP contribution in [-0.2, 0) is 18.3 Å². The molecule has 18 rings (SSSR count). The first-order valence-electron chi connectivity index (χ1n) is 30.8. The van der Waals surface area contributed by atoms with Gasteiger partial charge in [-0.15, -0.1) is 0 Å². The standard InChI is InChI=1S/C21H16O.C14H10ClNO.C14H12N.C14H12O3.C13H9N.C6H4S4/c1-14-6-2-4-8-18(14)21-19-9-5-3-7-15(19)12-16-13-17(22)10-11-20(16)21;1-17-12-4-5-13-10(7-12)6-9-2-3-11(15)8-14(9)16-13;1-15-13-8-4-2-6-11(13)10-12-7-3-5-9-14(12)15;1-7-4-12(15)17-14-9(3)13-10(6-11(7)14)5-8(2)16-13;1-3-7-12-10(5-1)9-11-6-2-4-8-13(11)14-12;1-2-8-5(7-1)6-9-3-4-10-6/h2-11,13H,12H2,1H3;2-8H,1H3;2-10H,1H3;4-6H,1-3H3;1-9H;1-4H/q;;+1;;;. The number of hydrogen-bond donors (Lipinski definition) is 0. The van der Waals surface area contributed by atoms with Crippen molar-refractivity contribution in [2.75, 3.05) is 7.11 Å². The summed E-state index contributed by atoms with van der Waals surface area (Å²) in [7, 11) is 3.78. The summed E-state index contributed by atoms with van der Waals surface area (Å²) >= 11 is 13.2. The summed E-state index contributed by atoms with van der Waals surface area (Å²) in [6.45, 7) is 7.88. The van der Waals surface area contributed by atoms with Gasteiger partial charge < -0.3 is 13.6 Å². The van der Waals surface area contributed by atoms with Crippen molar-refractivity contribution in [2.45, 2.75) is 34.1 Å². The number of ether oxygens (including phenoxy) is 1. The first-order valence-corrected chi connectivity index (χ1v) is 34.7. The van der Waals surface area contributed by atoms with Gasteiger partial charge in [0.05, 0.1) is 37.7 Å². The van der Waals surface area contributed by atoms with Crippen molar-refractivity contribution in [3.8, 4) is 5.75 Å². The van der Waals surface area contributed by atoms with Crippen LogP contribution < -0.4 is 14.9 Å². The molecule has 2 aliphatic heterocycles. The second-order valence-corrected chi connectivity index (χ2v) is 27.5. The summed E-state index contributed by atoms with van der Waals surface area (Å²) in [5.74, 6) is 1.79. The van der Waals surface area contributed by atoms with Gasteiger partial charge in [0.25, 0.3) is 0 Å². The molecule has 0 atom stereocenters. The molecule has 0 bridgehead atoms. The molecular weight excluding hydrogens is 1270 g/mol. The van der Waals surface area contributed by atoms with Gasteiger partial charge >= 0.3 is 5.63 Å². The third-order valence-electron chi connectivity index (χ3n) is 16.6. The number of fused-ring (bicyclic) bond motifs is 10. The van der Waals surface area contributed by atoms with Crippen molar-refractivity contribution in [2.24, 2.45) is 7.05 Å². The van der Waals surface area contributed by atoms with Gasteiger partial charge in [-0.05, 0) is 197 Å². The Balaban J connectivity index is 0.000000105. The number of carbonyl (C=O) groups excluding carboxylic acids is 1. The summed E-state index contributed by atoms with van der Waals surface area (Å²) in [5, 5.41) is 18.4. The molecule has 2 aliphatic carbocycles. The molecule has 0 unspecified atom stereocenters. The number of thioether (sulfide) groups is 4. The molecule has 8 nitrogen and oxygen atoms in total. The Kier molecular flexibility index (Phi) is 19.5. The predicted octanol–water partition coefficient (Wildman–Crippen LogP) is 22.2. The molecule has 7 heterocycles. The first-order chi connectivity index (χ1) is 46.3. The third kappa shape index (κ3) is 14.4. The number of halogens is 1. The highest BCUT2D eigenvalue weighted by molar-refractivity contribution is 8.33. The normalized spacial score (nSPS) is 13.5. The maximum Gasteiger partial charge on any atom is 0.336 e. The monoisotopic (exact) mass is 1330 g/mol. The van der Waals surface area contributed by atoms with E-state index in [4.69, 9.17) is 25.2 Å². The summed E-state index contributed by atoms with van der Waals surface area (Å²) in [5.41, 5.74) is 18.1. The smallest absolute Gasteiger partial charge is 0.336 e. The van der Waals surface area contributed by atoms with Gasteiger partial charge in [-0.3, -0.25) is 4.79 Å².